The highest BCUT2D eigenvalue weighted by molar-refractivity contribution is 6.32. The number of carbonyl (C=O) groups is 1. The Kier molecular flexibility index (Phi) is 7.22. The van der Waals surface area contributed by atoms with E-state index < -0.39 is 34.3 Å². The minimum Gasteiger partial charge on any atom is -0.480 e. The van der Waals surface area contributed by atoms with E-state index in [-0.39, 0.29) is 28.7 Å². The highest BCUT2D eigenvalue weighted by atomic mass is 35.5. The first-order valence-corrected chi connectivity index (χ1v) is 8.57. The van der Waals surface area contributed by atoms with Crippen LogP contribution in [0.25, 0.3) is 0 Å². The summed E-state index contributed by atoms with van der Waals surface area (Å²) < 4.78 is 53.3. The van der Waals surface area contributed by atoms with Crippen LogP contribution < -0.4 is 4.74 Å². The molecule has 0 N–H and O–H groups in total. The van der Waals surface area contributed by atoms with Crippen LogP contribution in [0.2, 0.25) is 5.02 Å². The highest BCUT2D eigenvalue weighted by Gasteiger charge is 2.31. The number of benzene rings is 2. The Bertz CT molecular complexity index is 994. The number of nitrogens with zero attached hydrogens (tertiary/aromatic N) is 2. The summed E-state index contributed by atoms with van der Waals surface area (Å²) in [6.45, 7) is 1.57. The summed E-state index contributed by atoms with van der Waals surface area (Å²) in [5, 5.41) is 11.0. The molecule has 0 unspecified atom stereocenters. The fraction of sp³-hybridized carbons (Fsp3) is 0.222. The molecule has 0 aliphatic carbocycles. The van der Waals surface area contributed by atoms with E-state index in [2.05, 4.69) is 9.73 Å². The molecule has 1 amide bonds. The zero-order valence-electron chi connectivity index (χ0n) is 15.5. The van der Waals surface area contributed by atoms with E-state index in [0.29, 0.717) is 6.07 Å². The van der Waals surface area contributed by atoms with Crippen LogP contribution in [0.5, 0.6) is 11.5 Å². The topological polar surface area (TPSA) is 100 Å². The van der Waals surface area contributed by atoms with Crippen LogP contribution in [-0.4, -0.2) is 30.6 Å². The fourth-order valence-electron chi connectivity index (χ4n) is 2.25. The number of halogens is 4. The first-order chi connectivity index (χ1) is 14.1. The number of carbonyl (C=O) groups excluding carboxylic acids is 1. The van der Waals surface area contributed by atoms with Crippen molar-refractivity contribution < 1.29 is 37.1 Å². The molecule has 0 bridgehead atoms. The summed E-state index contributed by atoms with van der Waals surface area (Å²) in [6.07, 6.45) is -5.61. The molecule has 2 aromatic carbocycles. The maximum Gasteiger partial charge on any atom is 0.436 e. The molecule has 0 spiro atoms. The van der Waals surface area contributed by atoms with Crippen molar-refractivity contribution in [3.8, 4) is 11.5 Å². The lowest BCUT2D eigenvalue weighted by Crippen LogP contribution is -2.11. The number of aliphatic imine (C=N–C) groups is 1. The molecular formula is C18H14ClF3N2O6. The Morgan fingerprint density at radius 2 is 1.93 bits per heavy atom. The van der Waals surface area contributed by atoms with Crippen molar-refractivity contribution in [3.63, 3.8) is 0 Å². The van der Waals surface area contributed by atoms with Crippen molar-refractivity contribution in [2.75, 3.05) is 13.7 Å². The lowest BCUT2D eigenvalue weighted by molar-refractivity contribution is -0.385. The number of amides is 1. The van der Waals surface area contributed by atoms with Crippen LogP contribution in [0.4, 0.5) is 23.7 Å². The van der Waals surface area contributed by atoms with E-state index in [1.165, 1.54) is 6.07 Å². The predicted molar refractivity (Wildman–Crippen MR) is 100 cm³/mol. The van der Waals surface area contributed by atoms with Crippen molar-refractivity contribution in [2.24, 2.45) is 4.99 Å². The van der Waals surface area contributed by atoms with Crippen LogP contribution in [0.1, 0.15) is 18.1 Å². The predicted octanol–water partition coefficient (Wildman–Crippen LogP) is 5.61. The normalized spacial score (nSPS) is 11.7. The van der Waals surface area contributed by atoms with Gasteiger partial charge in [0, 0.05) is 12.1 Å². The van der Waals surface area contributed by atoms with Gasteiger partial charge in [0.2, 0.25) is 5.90 Å². The molecule has 8 nitrogen and oxygen atoms in total. The second-order valence-electron chi connectivity index (χ2n) is 5.50. The van der Waals surface area contributed by atoms with Gasteiger partial charge in [-0.1, -0.05) is 11.6 Å². The Balaban J connectivity index is 2.45. The second kappa shape index (κ2) is 9.44. The third kappa shape index (κ3) is 5.60. The van der Waals surface area contributed by atoms with Gasteiger partial charge in [0.05, 0.1) is 29.2 Å². The van der Waals surface area contributed by atoms with Gasteiger partial charge in [0.1, 0.15) is 17.1 Å². The lowest BCUT2D eigenvalue weighted by atomic mass is 10.1. The molecule has 0 atom stereocenters. The van der Waals surface area contributed by atoms with Crippen molar-refractivity contribution in [2.45, 2.75) is 13.1 Å². The molecule has 0 saturated carbocycles. The number of nitro benzene ring substituents is 1. The molecule has 0 saturated heterocycles. The van der Waals surface area contributed by atoms with Gasteiger partial charge in [0.25, 0.3) is 5.69 Å². The van der Waals surface area contributed by atoms with E-state index in [4.69, 9.17) is 21.1 Å². The number of hydrogen-bond acceptors (Lipinski definition) is 6. The quantitative estimate of drug-likeness (QED) is 0.256. The number of hydrogen-bond donors (Lipinski definition) is 0. The zero-order chi connectivity index (χ0) is 22.5. The summed E-state index contributed by atoms with van der Waals surface area (Å²) in [4.78, 5) is 25.7. The standard InChI is InChI=1S/C18H14ClF3N2O6/c1-3-29-17(25)23-16(28-2)12-9-11(5-6-14(12)24(26)27)30-15-7-4-10(8-13(15)19)18(20,21)22/h4-9H,3H2,1-2H3. The van der Waals surface area contributed by atoms with Gasteiger partial charge < -0.3 is 14.2 Å². The minimum absolute atomic E-state index is 0.0223. The molecule has 2 aromatic rings. The van der Waals surface area contributed by atoms with Gasteiger partial charge in [-0.05, 0) is 31.2 Å². The number of rotatable bonds is 5. The summed E-state index contributed by atoms with van der Waals surface area (Å²) in [5.74, 6) is -0.555. The molecule has 12 heteroatoms. The molecule has 0 radical (unpaired) electrons. The average Bonchev–Trinajstić information content (AvgIpc) is 2.66. The molecule has 2 rings (SSSR count). The van der Waals surface area contributed by atoms with Gasteiger partial charge in [-0.15, -0.1) is 4.99 Å². The summed E-state index contributed by atoms with van der Waals surface area (Å²) in [7, 11) is 1.14. The first kappa shape index (κ1) is 22.9. The maximum absolute atomic E-state index is 12.8. The Labute approximate surface area is 173 Å². The number of methoxy groups -OCH3 is 1. The number of nitro groups is 1. The largest absolute Gasteiger partial charge is 0.480 e. The van der Waals surface area contributed by atoms with E-state index in [1.54, 1.807) is 6.92 Å². The Morgan fingerprint density at radius 3 is 2.47 bits per heavy atom. The van der Waals surface area contributed by atoms with E-state index in [9.17, 15) is 28.1 Å². The van der Waals surface area contributed by atoms with Gasteiger partial charge in [-0.2, -0.15) is 13.2 Å². The molecule has 0 aliphatic rings. The van der Waals surface area contributed by atoms with Crippen molar-refractivity contribution in [1.82, 2.24) is 0 Å². The molecule has 0 fully saturated rings. The summed E-state index contributed by atoms with van der Waals surface area (Å²) in [5.41, 5.74) is -1.63. The van der Waals surface area contributed by atoms with Crippen LogP contribution in [-0.2, 0) is 15.7 Å². The Hall–Kier alpha value is -3.34. The van der Waals surface area contributed by atoms with Gasteiger partial charge in [-0.25, -0.2) is 4.79 Å². The second-order valence-corrected chi connectivity index (χ2v) is 5.91. The molecule has 30 heavy (non-hydrogen) atoms. The molecule has 0 heterocycles. The monoisotopic (exact) mass is 446 g/mol. The van der Waals surface area contributed by atoms with E-state index in [0.717, 1.165) is 31.4 Å². The highest BCUT2D eigenvalue weighted by Crippen LogP contribution is 2.37. The van der Waals surface area contributed by atoms with Gasteiger partial charge in [-0.3, -0.25) is 10.1 Å². The van der Waals surface area contributed by atoms with Crippen LogP contribution in [0.3, 0.4) is 0 Å². The van der Waals surface area contributed by atoms with Crippen molar-refractivity contribution in [1.29, 1.82) is 0 Å². The van der Waals surface area contributed by atoms with Gasteiger partial charge in [0.15, 0.2) is 0 Å². The number of alkyl halides is 3. The third-order valence-corrected chi connectivity index (χ3v) is 3.83. The van der Waals surface area contributed by atoms with Crippen LogP contribution in [0.15, 0.2) is 41.4 Å². The van der Waals surface area contributed by atoms with Crippen molar-refractivity contribution in [3.05, 3.63) is 62.7 Å². The van der Waals surface area contributed by atoms with E-state index in [1.807, 2.05) is 0 Å². The molecule has 0 aromatic heterocycles. The van der Waals surface area contributed by atoms with E-state index >= 15 is 0 Å². The average molecular weight is 447 g/mol. The Morgan fingerprint density at radius 1 is 1.23 bits per heavy atom. The first-order valence-electron chi connectivity index (χ1n) is 8.19. The fourth-order valence-corrected chi connectivity index (χ4v) is 2.47. The van der Waals surface area contributed by atoms with Crippen LogP contribution in [0, 0.1) is 10.1 Å². The summed E-state index contributed by atoms with van der Waals surface area (Å²) in [6, 6.07) is 5.86. The molecule has 0 aliphatic heterocycles. The minimum atomic E-state index is -4.58. The molecular weight excluding hydrogens is 433 g/mol. The third-order valence-electron chi connectivity index (χ3n) is 3.54. The zero-order valence-corrected chi connectivity index (χ0v) is 16.3. The smallest absolute Gasteiger partial charge is 0.436 e. The maximum atomic E-state index is 12.8. The summed E-state index contributed by atoms with van der Waals surface area (Å²) >= 11 is 5.86. The van der Waals surface area contributed by atoms with Crippen molar-refractivity contribution >= 4 is 29.3 Å². The lowest BCUT2D eigenvalue weighted by Gasteiger charge is -2.12. The van der Waals surface area contributed by atoms with Gasteiger partial charge >= 0.3 is 12.3 Å². The molecule has 160 valence electrons. The van der Waals surface area contributed by atoms with Crippen LogP contribution >= 0.6 is 11.6 Å². The SMILES string of the molecule is CCOC(=O)N=C(OC)c1cc(Oc2ccc(C(F)(F)F)cc2Cl)ccc1[N+](=O)[O-]. The number of ether oxygens (including phenoxy) is 3.